The molecule has 1 fully saturated rings. The van der Waals surface area contributed by atoms with Gasteiger partial charge < -0.3 is 10.6 Å². The molecule has 2 heterocycles. The molecule has 1 atom stereocenters. The number of fused-ring (bicyclic) bond motifs is 1. The largest absolute Gasteiger partial charge is 0.382 e. The van der Waals surface area contributed by atoms with E-state index in [0.29, 0.717) is 6.04 Å². The molecule has 18 heavy (non-hydrogen) atoms. The maximum Gasteiger partial charge on any atom is 0.0423 e. The van der Waals surface area contributed by atoms with E-state index in [1.165, 1.54) is 35.7 Å². The minimum atomic E-state index is 0.582. The van der Waals surface area contributed by atoms with E-state index in [4.69, 9.17) is 0 Å². The number of nitrogens with one attached hydrogen (secondary N) is 2. The molecule has 1 aromatic heterocycles. The Balaban J connectivity index is 1.85. The van der Waals surface area contributed by atoms with E-state index in [2.05, 4.69) is 39.9 Å². The maximum absolute atomic E-state index is 4.18. The Morgan fingerprint density at radius 3 is 3.17 bits per heavy atom. The Hall–Kier alpha value is -1.61. The Morgan fingerprint density at radius 1 is 1.17 bits per heavy atom. The predicted molar refractivity (Wildman–Crippen MR) is 75.9 cm³/mol. The molecule has 0 spiro atoms. The van der Waals surface area contributed by atoms with Crippen LogP contribution in [0.2, 0.25) is 0 Å². The third-order valence-electron chi connectivity index (χ3n) is 3.62. The number of anilines is 1. The van der Waals surface area contributed by atoms with Gasteiger partial charge in [0, 0.05) is 34.9 Å². The lowest BCUT2D eigenvalue weighted by atomic mass is 10.1. The fourth-order valence-electron chi connectivity index (χ4n) is 2.63. The summed E-state index contributed by atoms with van der Waals surface area (Å²) in [6.07, 6.45) is 7.48. The highest BCUT2D eigenvalue weighted by Crippen LogP contribution is 2.24. The van der Waals surface area contributed by atoms with Crippen LogP contribution in [0.1, 0.15) is 19.3 Å². The van der Waals surface area contributed by atoms with Crippen LogP contribution in [0.25, 0.3) is 10.8 Å². The summed E-state index contributed by atoms with van der Waals surface area (Å²) >= 11 is 0. The lowest BCUT2D eigenvalue weighted by molar-refractivity contribution is 0.638. The van der Waals surface area contributed by atoms with E-state index in [1.54, 1.807) is 0 Å². The molecular formula is C15H19N3. The average Bonchev–Trinajstić information content (AvgIpc) is 2.68. The van der Waals surface area contributed by atoms with Crippen molar-refractivity contribution in [3.05, 3.63) is 36.7 Å². The zero-order valence-corrected chi connectivity index (χ0v) is 10.5. The summed E-state index contributed by atoms with van der Waals surface area (Å²) in [6, 6.07) is 9.05. The first-order valence-electron chi connectivity index (χ1n) is 6.73. The lowest BCUT2D eigenvalue weighted by Crippen LogP contribution is -2.21. The van der Waals surface area contributed by atoms with E-state index in [1.807, 2.05) is 12.4 Å². The van der Waals surface area contributed by atoms with Crippen molar-refractivity contribution >= 4 is 16.5 Å². The second-order valence-electron chi connectivity index (χ2n) is 4.92. The molecule has 0 amide bonds. The SMILES string of the molecule is c1cc(NC2CCCNCC2)c2ccncc2c1. The van der Waals surface area contributed by atoms with E-state index in [0.717, 1.165) is 13.1 Å². The standard InChI is InChI=1S/C15H19N3/c1-3-12-11-17-10-7-14(12)15(5-1)18-13-4-2-8-16-9-6-13/h1,3,5,7,10-11,13,16,18H,2,4,6,8-9H2. The van der Waals surface area contributed by atoms with Gasteiger partial charge in [0.1, 0.15) is 0 Å². The minimum absolute atomic E-state index is 0.582. The van der Waals surface area contributed by atoms with E-state index in [-0.39, 0.29) is 0 Å². The molecule has 94 valence electrons. The van der Waals surface area contributed by atoms with Crippen LogP contribution in [0.3, 0.4) is 0 Å². The number of benzene rings is 1. The van der Waals surface area contributed by atoms with Gasteiger partial charge >= 0.3 is 0 Å². The van der Waals surface area contributed by atoms with E-state index in [9.17, 15) is 0 Å². The fourth-order valence-corrected chi connectivity index (χ4v) is 2.63. The molecule has 2 aromatic rings. The molecule has 0 bridgehead atoms. The summed E-state index contributed by atoms with van der Waals surface area (Å²) in [7, 11) is 0. The number of hydrogen-bond acceptors (Lipinski definition) is 3. The number of hydrogen-bond donors (Lipinski definition) is 2. The summed E-state index contributed by atoms with van der Waals surface area (Å²) in [4.78, 5) is 4.18. The van der Waals surface area contributed by atoms with Gasteiger partial charge in [0.25, 0.3) is 0 Å². The zero-order chi connectivity index (χ0) is 12.2. The molecule has 3 rings (SSSR count). The Labute approximate surface area is 108 Å². The highest BCUT2D eigenvalue weighted by Gasteiger charge is 2.12. The van der Waals surface area contributed by atoms with Gasteiger partial charge in [0.2, 0.25) is 0 Å². The topological polar surface area (TPSA) is 37.0 Å². The van der Waals surface area contributed by atoms with Crippen LogP contribution in [0, 0.1) is 0 Å². The molecule has 1 saturated heterocycles. The third-order valence-corrected chi connectivity index (χ3v) is 3.62. The quantitative estimate of drug-likeness (QED) is 0.849. The summed E-state index contributed by atoms with van der Waals surface area (Å²) in [6.45, 7) is 2.27. The van der Waals surface area contributed by atoms with Crippen molar-refractivity contribution in [3.63, 3.8) is 0 Å². The Bertz CT molecular complexity index is 511. The molecule has 1 aliphatic heterocycles. The van der Waals surface area contributed by atoms with Gasteiger partial charge in [0.05, 0.1) is 0 Å². The van der Waals surface area contributed by atoms with Crippen molar-refractivity contribution in [1.82, 2.24) is 10.3 Å². The fraction of sp³-hybridized carbons (Fsp3) is 0.400. The summed E-state index contributed by atoms with van der Waals surface area (Å²) < 4.78 is 0. The Kier molecular flexibility index (Phi) is 3.42. The van der Waals surface area contributed by atoms with Crippen LogP contribution in [0.5, 0.6) is 0 Å². The van der Waals surface area contributed by atoms with E-state index < -0.39 is 0 Å². The summed E-state index contributed by atoms with van der Waals surface area (Å²) in [5, 5.41) is 9.62. The molecule has 1 aromatic carbocycles. The first-order valence-corrected chi connectivity index (χ1v) is 6.73. The number of rotatable bonds is 2. The molecule has 0 aliphatic carbocycles. The van der Waals surface area contributed by atoms with Gasteiger partial charge in [-0.3, -0.25) is 4.98 Å². The summed E-state index contributed by atoms with van der Waals surface area (Å²) in [5.74, 6) is 0. The molecule has 1 unspecified atom stereocenters. The van der Waals surface area contributed by atoms with Crippen molar-refractivity contribution < 1.29 is 0 Å². The minimum Gasteiger partial charge on any atom is -0.382 e. The molecule has 0 saturated carbocycles. The van der Waals surface area contributed by atoms with Gasteiger partial charge in [-0.15, -0.1) is 0 Å². The highest BCUT2D eigenvalue weighted by atomic mass is 14.9. The number of pyridine rings is 1. The molecule has 1 aliphatic rings. The highest BCUT2D eigenvalue weighted by molar-refractivity contribution is 5.93. The molecule has 3 nitrogen and oxygen atoms in total. The van der Waals surface area contributed by atoms with Crippen molar-refractivity contribution in [2.75, 3.05) is 18.4 Å². The van der Waals surface area contributed by atoms with Gasteiger partial charge in [0.15, 0.2) is 0 Å². The van der Waals surface area contributed by atoms with Crippen LogP contribution in [0.15, 0.2) is 36.7 Å². The molecular weight excluding hydrogens is 222 g/mol. The second kappa shape index (κ2) is 5.36. The average molecular weight is 241 g/mol. The van der Waals surface area contributed by atoms with Gasteiger partial charge in [-0.2, -0.15) is 0 Å². The smallest absolute Gasteiger partial charge is 0.0423 e. The van der Waals surface area contributed by atoms with Gasteiger partial charge in [-0.05, 0) is 44.5 Å². The van der Waals surface area contributed by atoms with Crippen LogP contribution in [-0.2, 0) is 0 Å². The number of nitrogens with zero attached hydrogens (tertiary/aromatic N) is 1. The summed E-state index contributed by atoms with van der Waals surface area (Å²) in [5.41, 5.74) is 1.24. The zero-order valence-electron chi connectivity index (χ0n) is 10.5. The van der Waals surface area contributed by atoms with Crippen molar-refractivity contribution in [2.45, 2.75) is 25.3 Å². The normalized spacial score (nSPS) is 20.6. The first-order chi connectivity index (χ1) is 8.93. The maximum atomic E-state index is 4.18. The predicted octanol–water partition coefficient (Wildman–Crippen LogP) is 2.79. The van der Waals surface area contributed by atoms with Gasteiger partial charge in [-0.1, -0.05) is 12.1 Å². The van der Waals surface area contributed by atoms with Crippen molar-refractivity contribution in [3.8, 4) is 0 Å². The van der Waals surface area contributed by atoms with Crippen molar-refractivity contribution in [1.29, 1.82) is 0 Å². The molecule has 0 radical (unpaired) electrons. The molecule has 2 N–H and O–H groups in total. The van der Waals surface area contributed by atoms with Crippen LogP contribution in [0.4, 0.5) is 5.69 Å². The lowest BCUT2D eigenvalue weighted by Gasteiger charge is -2.18. The molecule has 3 heteroatoms. The Morgan fingerprint density at radius 2 is 2.17 bits per heavy atom. The second-order valence-corrected chi connectivity index (χ2v) is 4.92. The van der Waals surface area contributed by atoms with Crippen molar-refractivity contribution in [2.24, 2.45) is 0 Å². The number of aromatic nitrogens is 1. The van der Waals surface area contributed by atoms with E-state index >= 15 is 0 Å². The van der Waals surface area contributed by atoms with Gasteiger partial charge in [-0.25, -0.2) is 0 Å². The third kappa shape index (κ3) is 2.46. The van der Waals surface area contributed by atoms with Crippen LogP contribution < -0.4 is 10.6 Å². The van der Waals surface area contributed by atoms with Crippen LogP contribution in [-0.4, -0.2) is 24.1 Å². The monoisotopic (exact) mass is 241 g/mol. The first kappa shape index (κ1) is 11.5. The van der Waals surface area contributed by atoms with Crippen LogP contribution >= 0.6 is 0 Å².